The molecular formula is C19H29FN4. The molecule has 2 fully saturated rings. The van der Waals surface area contributed by atoms with Gasteiger partial charge in [-0.1, -0.05) is 12.1 Å². The molecule has 0 radical (unpaired) electrons. The molecular weight excluding hydrogens is 303 g/mol. The van der Waals surface area contributed by atoms with Gasteiger partial charge in [0, 0.05) is 25.6 Å². The molecule has 1 aromatic carbocycles. The van der Waals surface area contributed by atoms with E-state index in [1.54, 1.807) is 19.2 Å². The van der Waals surface area contributed by atoms with Crippen molar-refractivity contribution in [1.29, 1.82) is 0 Å². The highest BCUT2D eigenvalue weighted by Crippen LogP contribution is 2.47. The number of guanidine groups is 1. The van der Waals surface area contributed by atoms with Crippen molar-refractivity contribution in [2.75, 3.05) is 39.8 Å². The van der Waals surface area contributed by atoms with Gasteiger partial charge in [0.15, 0.2) is 5.96 Å². The summed E-state index contributed by atoms with van der Waals surface area (Å²) in [5.41, 5.74) is 1.18. The Bertz CT molecular complexity index is 562. The molecule has 0 amide bonds. The Balaban J connectivity index is 1.41. The summed E-state index contributed by atoms with van der Waals surface area (Å²) >= 11 is 0. The topological polar surface area (TPSA) is 39.7 Å². The first-order valence-electron chi connectivity index (χ1n) is 9.15. The highest BCUT2D eigenvalue weighted by atomic mass is 19.1. The molecule has 4 nitrogen and oxygen atoms in total. The van der Waals surface area contributed by atoms with Crippen molar-refractivity contribution in [2.24, 2.45) is 4.99 Å². The van der Waals surface area contributed by atoms with E-state index in [0.717, 1.165) is 50.4 Å². The van der Waals surface area contributed by atoms with Crippen molar-refractivity contribution in [2.45, 2.75) is 37.5 Å². The molecule has 1 aliphatic heterocycles. The Kier molecular flexibility index (Phi) is 5.72. The van der Waals surface area contributed by atoms with Crippen LogP contribution in [-0.2, 0) is 5.41 Å². The van der Waals surface area contributed by atoms with Crippen LogP contribution >= 0.6 is 0 Å². The summed E-state index contributed by atoms with van der Waals surface area (Å²) in [7, 11) is 1.80. The van der Waals surface area contributed by atoms with Gasteiger partial charge in [0.2, 0.25) is 0 Å². The molecule has 24 heavy (non-hydrogen) atoms. The molecule has 2 N–H and O–H groups in total. The maximum atomic E-state index is 13.5. The zero-order chi connectivity index (χ0) is 16.8. The summed E-state index contributed by atoms with van der Waals surface area (Å²) in [6.07, 6.45) is 6.04. The summed E-state index contributed by atoms with van der Waals surface area (Å²) in [6.45, 7) is 5.41. The molecule has 5 heteroatoms. The fraction of sp³-hybridized carbons (Fsp3) is 0.632. The van der Waals surface area contributed by atoms with Crippen LogP contribution < -0.4 is 10.6 Å². The Morgan fingerprint density at radius 1 is 1.25 bits per heavy atom. The predicted octanol–water partition coefficient (Wildman–Crippen LogP) is 2.51. The number of likely N-dealkylation sites (tertiary alicyclic amines) is 1. The molecule has 0 atom stereocenters. The van der Waals surface area contributed by atoms with Gasteiger partial charge >= 0.3 is 0 Å². The highest BCUT2D eigenvalue weighted by molar-refractivity contribution is 5.79. The van der Waals surface area contributed by atoms with E-state index in [1.807, 2.05) is 6.07 Å². The van der Waals surface area contributed by atoms with Gasteiger partial charge in [-0.25, -0.2) is 4.39 Å². The van der Waals surface area contributed by atoms with E-state index < -0.39 is 0 Å². The smallest absolute Gasteiger partial charge is 0.191 e. The van der Waals surface area contributed by atoms with Crippen LogP contribution in [0.3, 0.4) is 0 Å². The second-order valence-corrected chi connectivity index (χ2v) is 7.05. The van der Waals surface area contributed by atoms with Crippen LogP contribution in [-0.4, -0.2) is 50.6 Å². The number of nitrogens with zero attached hydrogens (tertiary/aromatic N) is 2. The van der Waals surface area contributed by atoms with Crippen molar-refractivity contribution >= 4 is 5.96 Å². The fourth-order valence-electron chi connectivity index (χ4n) is 3.53. The molecule has 3 rings (SSSR count). The molecule has 1 heterocycles. The molecule has 132 valence electrons. The Labute approximate surface area is 144 Å². The first-order chi connectivity index (χ1) is 11.7. The van der Waals surface area contributed by atoms with Gasteiger partial charge in [-0.05, 0) is 69.4 Å². The standard InChI is InChI=1S/C19H29FN4/c1-21-18(22-10-5-13-24-11-2-3-12-24)23-15-19(8-9-19)16-6-4-7-17(20)14-16/h4,6-7,14H,2-3,5,8-13,15H2,1H3,(H2,21,22,23). The van der Waals surface area contributed by atoms with E-state index >= 15 is 0 Å². The molecule has 1 aromatic rings. The Morgan fingerprint density at radius 3 is 2.71 bits per heavy atom. The predicted molar refractivity (Wildman–Crippen MR) is 97.0 cm³/mol. The number of hydrogen-bond acceptors (Lipinski definition) is 2. The van der Waals surface area contributed by atoms with Crippen LogP contribution in [0.5, 0.6) is 0 Å². The second kappa shape index (κ2) is 7.97. The van der Waals surface area contributed by atoms with Crippen LogP contribution in [0.4, 0.5) is 4.39 Å². The number of aliphatic imine (C=N–C) groups is 1. The lowest BCUT2D eigenvalue weighted by molar-refractivity contribution is 0.334. The van der Waals surface area contributed by atoms with E-state index in [9.17, 15) is 4.39 Å². The number of hydrogen-bond donors (Lipinski definition) is 2. The van der Waals surface area contributed by atoms with Crippen molar-refractivity contribution in [3.63, 3.8) is 0 Å². The van der Waals surface area contributed by atoms with Crippen molar-refractivity contribution < 1.29 is 4.39 Å². The van der Waals surface area contributed by atoms with E-state index in [-0.39, 0.29) is 11.2 Å². The van der Waals surface area contributed by atoms with Crippen LogP contribution in [0.2, 0.25) is 0 Å². The molecule has 1 aliphatic carbocycles. The zero-order valence-corrected chi connectivity index (χ0v) is 14.7. The van der Waals surface area contributed by atoms with E-state index in [2.05, 4.69) is 20.5 Å². The molecule has 2 aliphatic rings. The first-order valence-corrected chi connectivity index (χ1v) is 9.15. The maximum Gasteiger partial charge on any atom is 0.191 e. The Morgan fingerprint density at radius 2 is 2.04 bits per heavy atom. The van der Waals surface area contributed by atoms with Gasteiger partial charge in [-0.2, -0.15) is 0 Å². The lowest BCUT2D eigenvalue weighted by atomic mass is 9.96. The number of nitrogens with one attached hydrogen (secondary N) is 2. The van der Waals surface area contributed by atoms with Gasteiger partial charge in [-0.3, -0.25) is 4.99 Å². The number of benzene rings is 1. The molecule has 1 saturated heterocycles. The fourth-order valence-corrected chi connectivity index (χ4v) is 3.53. The van der Waals surface area contributed by atoms with Crippen molar-refractivity contribution in [3.05, 3.63) is 35.6 Å². The lowest BCUT2D eigenvalue weighted by Gasteiger charge is -2.20. The van der Waals surface area contributed by atoms with Gasteiger partial charge in [0.1, 0.15) is 5.82 Å². The van der Waals surface area contributed by atoms with Crippen LogP contribution in [0.25, 0.3) is 0 Å². The average molecular weight is 332 g/mol. The summed E-state index contributed by atoms with van der Waals surface area (Å²) in [6, 6.07) is 7.01. The normalized spacial score (nSPS) is 20.2. The third-order valence-corrected chi connectivity index (χ3v) is 5.25. The van der Waals surface area contributed by atoms with Crippen LogP contribution in [0.1, 0.15) is 37.7 Å². The van der Waals surface area contributed by atoms with Crippen LogP contribution in [0, 0.1) is 5.82 Å². The van der Waals surface area contributed by atoms with Gasteiger partial charge in [-0.15, -0.1) is 0 Å². The molecule has 0 aromatic heterocycles. The third kappa shape index (κ3) is 4.47. The molecule has 1 saturated carbocycles. The van der Waals surface area contributed by atoms with E-state index in [4.69, 9.17) is 0 Å². The van der Waals surface area contributed by atoms with Gasteiger partial charge in [0.05, 0.1) is 0 Å². The van der Waals surface area contributed by atoms with Crippen molar-refractivity contribution in [3.8, 4) is 0 Å². The summed E-state index contributed by atoms with van der Waals surface area (Å²) < 4.78 is 13.5. The van der Waals surface area contributed by atoms with E-state index in [0.29, 0.717) is 0 Å². The first kappa shape index (κ1) is 17.2. The molecule has 0 unspecified atom stereocenters. The monoisotopic (exact) mass is 332 g/mol. The third-order valence-electron chi connectivity index (χ3n) is 5.25. The quantitative estimate of drug-likeness (QED) is 0.458. The molecule has 0 bridgehead atoms. The van der Waals surface area contributed by atoms with E-state index in [1.165, 1.54) is 32.0 Å². The van der Waals surface area contributed by atoms with Crippen molar-refractivity contribution in [1.82, 2.24) is 15.5 Å². The van der Waals surface area contributed by atoms with Gasteiger partial charge in [0.25, 0.3) is 0 Å². The number of halogens is 1. The minimum Gasteiger partial charge on any atom is -0.356 e. The summed E-state index contributed by atoms with van der Waals surface area (Å²) in [5, 5.41) is 6.82. The second-order valence-electron chi connectivity index (χ2n) is 7.05. The SMILES string of the molecule is CN=C(NCCCN1CCCC1)NCC1(c2cccc(F)c2)CC1. The van der Waals surface area contributed by atoms with Crippen LogP contribution in [0.15, 0.2) is 29.3 Å². The minimum absolute atomic E-state index is 0.0786. The largest absolute Gasteiger partial charge is 0.356 e. The number of rotatable bonds is 7. The highest BCUT2D eigenvalue weighted by Gasteiger charge is 2.44. The lowest BCUT2D eigenvalue weighted by Crippen LogP contribution is -2.42. The molecule has 0 spiro atoms. The van der Waals surface area contributed by atoms with Gasteiger partial charge < -0.3 is 15.5 Å². The summed E-state index contributed by atoms with van der Waals surface area (Å²) in [4.78, 5) is 6.83. The minimum atomic E-state index is -0.150. The Hall–Kier alpha value is -1.62. The maximum absolute atomic E-state index is 13.5. The zero-order valence-electron chi connectivity index (χ0n) is 14.7. The summed E-state index contributed by atoms with van der Waals surface area (Å²) in [5.74, 6) is 0.697. The average Bonchev–Trinajstić information content (AvgIpc) is 3.21.